The van der Waals surface area contributed by atoms with E-state index in [-0.39, 0.29) is 5.91 Å². The third kappa shape index (κ3) is 2.28. The Morgan fingerprint density at radius 3 is 2.93 bits per heavy atom. The third-order valence-electron chi connectivity index (χ3n) is 5.03. The van der Waals surface area contributed by atoms with Crippen LogP contribution in [-0.4, -0.2) is 39.2 Å². The number of hydrogen-bond donors (Lipinski definition) is 1. The molecule has 0 fully saturated rings. The predicted octanol–water partition coefficient (Wildman–Crippen LogP) is 3.23. The molecule has 0 bridgehead atoms. The van der Waals surface area contributed by atoms with Crippen molar-refractivity contribution in [3.63, 3.8) is 0 Å². The summed E-state index contributed by atoms with van der Waals surface area (Å²) in [5, 5.41) is 9.22. The molecule has 0 aliphatic carbocycles. The number of hydrogen-bond acceptors (Lipinski definition) is 5. The van der Waals surface area contributed by atoms with Gasteiger partial charge in [-0.05, 0) is 49.7 Å². The van der Waals surface area contributed by atoms with Gasteiger partial charge in [-0.2, -0.15) is 5.10 Å². The molecule has 0 saturated heterocycles. The summed E-state index contributed by atoms with van der Waals surface area (Å²) >= 11 is 0. The van der Waals surface area contributed by atoms with Gasteiger partial charge in [0.15, 0.2) is 11.8 Å². The van der Waals surface area contributed by atoms with E-state index in [0.29, 0.717) is 11.4 Å². The molecule has 134 valence electrons. The van der Waals surface area contributed by atoms with Gasteiger partial charge in [0.05, 0.1) is 22.6 Å². The Morgan fingerprint density at radius 2 is 2.07 bits per heavy atom. The molecule has 1 unspecified atom stereocenters. The number of carbonyl (C=O) groups is 1. The summed E-state index contributed by atoms with van der Waals surface area (Å²) in [5.74, 6) is 0.631. The van der Waals surface area contributed by atoms with E-state index in [1.807, 2.05) is 37.3 Å². The van der Waals surface area contributed by atoms with E-state index < -0.39 is 6.10 Å². The molecule has 1 aromatic carbocycles. The van der Waals surface area contributed by atoms with Crippen molar-refractivity contribution in [2.75, 3.05) is 11.9 Å². The van der Waals surface area contributed by atoms with E-state index in [4.69, 9.17) is 9.72 Å². The Labute approximate surface area is 155 Å². The molecule has 0 radical (unpaired) electrons. The first-order valence-electron chi connectivity index (χ1n) is 8.72. The number of pyridine rings is 2. The largest absolute Gasteiger partial charge is 0.479 e. The van der Waals surface area contributed by atoms with Gasteiger partial charge in [-0.1, -0.05) is 0 Å². The molecule has 27 heavy (non-hydrogen) atoms. The van der Waals surface area contributed by atoms with Gasteiger partial charge in [-0.15, -0.1) is 0 Å². The summed E-state index contributed by atoms with van der Waals surface area (Å²) in [4.78, 5) is 23.0. The molecular weight excluding hydrogens is 342 g/mol. The molecule has 1 N–H and O–H groups in total. The SMILES string of the molecule is Cc1cc(-c2[nH]nc3ncccc23)nc2cc3c(cc12)OC(C)C(=O)N3C. The number of aromatic amines is 1. The summed E-state index contributed by atoms with van der Waals surface area (Å²) in [6, 6.07) is 9.74. The Hall–Kier alpha value is -3.48. The number of nitrogens with zero attached hydrogens (tertiary/aromatic N) is 4. The average Bonchev–Trinajstić information content (AvgIpc) is 3.10. The molecule has 1 amide bonds. The standard InChI is InChI=1S/C20H17N5O2/c1-10-7-15(18-12-5-4-6-21-19(12)24-23-18)22-14-9-16-17(8-13(10)14)27-11(2)20(26)25(16)3/h4-9,11H,1-3H3,(H,21,23,24). The first-order valence-corrected chi connectivity index (χ1v) is 8.72. The third-order valence-corrected chi connectivity index (χ3v) is 5.03. The van der Waals surface area contributed by atoms with Crippen LogP contribution >= 0.6 is 0 Å². The van der Waals surface area contributed by atoms with Crippen LogP contribution in [0.3, 0.4) is 0 Å². The minimum atomic E-state index is -0.489. The normalized spacial score (nSPS) is 16.6. The minimum Gasteiger partial charge on any atom is -0.479 e. The topological polar surface area (TPSA) is 84.0 Å². The van der Waals surface area contributed by atoms with Crippen LogP contribution < -0.4 is 9.64 Å². The Kier molecular flexibility index (Phi) is 3.21. The highest BCUT2D eigenvalue weighted by Gasteiger charge is 2.29. The van der Waals surface area contributed by atoms with Crippen LogP contribution in [0.25, 0.3) is 33.3 Å². The fraction of sp³-hybridized carbons (Fsp3) is 0.200. The highest BCUT2D eigenvalue weighted by Crippen LogP contribution is 2.38. The highest BCUT2D eigenvalue weighted by atomic mass is 16.5. The Bertz CT molecular complexity index is 1230. The van der Waals surface area contributed by atoms with Crippen LogP contribution in [0.5, 0.6) is 5.75 Å². The zero-order chi connectivity index (χ0) is 18.7. The lowest BCUT2D eigenvalue weighted by Crippen LogP contribution is -2.41. The van der Waals surface area contributed by atoms with Crippen molar-refractivity contribution >= 4 is 33.5 Å². The number of likely N-dealkylation sites (N-methyl/N-ethyl adjacent to an activating group) is 1. The molecule has 1 aliphatic heterocycles. The quantitative estimate of drug-likeness (QED) is 0.564. The number of fused-ring (bicyclic) bond motifs is 3. The molecule has 4 heterocycles. The Morgan fingerprint density at radius 1 is 1.22 bits per heavy atom. The zero-order valence-corrected chi connectivity index (χ0v) is 15.1. The second kappa shape index (κ2) is 5.51. The molecule has 7 nitrogen and oxygen atoms in total. The molecule has 3 aromatic heterocycles. The van der Waals surface area contributed by atoms with Crippen molar-refractivity contribution in [1.82, 2.24) is 20.2 Å². The van der Waals surface area contributed by atoms with Crippen molar-refractivity contribution in [3.8, 4) is 17.1 Å². The maximum Gasteiger partial charge on any atom is 0.267 e. The lowest BCUT2D eigenvalue weighted by atomic mass is 10.0. The smallest absolute Gasteiger partial charge is 0.267 e. The zero-order valence-electron chi connectivity index (χ0n) is 15.1. The van der Waals surface area contributed by atoms with Gasteiger partial charge in [0.2, 0.25) is 0 Å². The number of benzene rings is 1. The van der Waals surface area contributed by atoms with Crippen LogP contribution in [-0.2, 0) is 4.79 Å². The van der Waals surface area contributed by atoms with Crippen LogP contribution in [0.2, 0.25) is 0 Å². The number of anilines is 1. The summed E-state index contributed by atoms with van der Waals surface area (Å²) in [5.41, 5.74) is 4.87. The number of nitrogens with one attached hydrogen (secondary N) is 1. The average molecular weight is 359 g/mol. The molecule has 4 aromatic rings. The Balaban J connectivity index is 1.73. The van der Waals surface area contributed by atoms with Crippen LogP contribution in [0.15, 0.2) is 36.5 Å². The van der Waals surface area contributed by atoms with Crippen molar-refractivity contribution in [2.24, 2.45) is 0 Å². The first kappa shape index (κ1) is 15.7. The maximum atomic E-state index is 12.3. The van der Waals surface area contributed by atoms with Gasteiger partial charge in [0.25, 0.3) is 5.91 Å². The van der Waals surface area contributed by atoms with Crippen LogP contribution in [0.1, 0.15) is 12.5 Å². The van der Waals surface area contributed by atoms with Crippen molar-refractivity contribution < 1.29 is 9.53 Å². The lowest BCUT2D eigenvalue weighted by Gasteiger charge is -2.30. The van der Waals surface area contributed by atoms with Crippen molar-refractivity contribution in [2.45, 2.75) is 20.0 Å². The molecule has 1 aliphatic rings. The minimum absolute atomic E-state index is 0.0691. The number of carbonyl (C=O) groups excluding carboxylic acids is 1. The highest BCUT2D eigenvalue weighted by molar-refractivity contribution is 6.02. The first-order chi connectivity index (χ1) is 13.0. The number of H-pyrrole nitrogens is 1. The summed E-state index contributed by atoms with van der Waals surface area (Å²) < 4.78 is 5.79. The monoisotopic (exact) mass is 359 g/mol. The summed E-state index contributed by atoms with van der Waals surface area (Å²) in [6.07, 6.45) is 1.22. The number of rotatable bonds is 1. The van der Waals surface area contributed by atoms with Crippen molar-refractivity contribution in [1.29, 1.82) is 0 Å². The van der Waals surface area contributed by atoms with E-state index in [2.05, 4.69) is 15.2 Å². The van der Waals surface area contributed by atoms with Gasteiger partial charge in [-0.3, -0.25) is 9.89 Å². The van der Waals surface area contributed by atoms with Crippen LogP contribution in [0.4, 0.5) is 5.69 Å². The number of amides is 1. The van der Waals surface area contributed by atoms with Gasteiger partial charge in [0, 0.05) is 24.0 Å². The summed E-state index contributed by atoms with van der Waals surface area (Å²) in [7, 11) is 1.76. The van der Waals surface area contributed by atoms with E-state index in [0.717, 1.165) is 38.9 Å². The number of aryl methyl sites for hydroxylation is 1. The predicted molar refractivity (Wildman–Crippen MR) is 103 cm³/mol. The second-order valence-electron chi connectivity index (χ2n) is 6.79. The number of aromatic nitrogens is 4. The van der Waals surface area contributed by atoms with E-state index >= 15 is 0 Å². The molecule has 1 atom stereocenters. The molecule has 7 heteroatoms. The van der Waals surface area contributed by atoms with Crippen LogP contribution in [0, 0.1) is 6.92 Å². The van der Waals surface area contributed by atoms with Crippen molar-refractivity contribution in [3.05, 3.63) is 42.1 Å². The van der Waals surface area contributed by atoms with E-state index in [9.17, 15) is 4.79 Å². The molecule has 0 saturated carbocycles. The maximum absolute atomic E-state index is 12.3. The van der Waals surface area contributed by atoms with Gasteiger partial charge in [0.1, 0.15) is 5.75 Å². The van der Waals surface area contributed by atoms with Gasteiger partial charge >= 0.3 is 0 Å². The molecule has 5 rings (SSSR count). The number of ether oxygens (including phenoxy) is 1. The fourth-order valence-corrected chi connectivity index (χ4v) is 3.57. The second-order valence-corrected chi connectivity index (χ2v) is 6.79. The van der Waals surface area contributed by atoms with Gasteiger partial charge < -0.3 is 9.64 Å². The molecule has 0 spiro atoms. The molecular formula is C20H17N5O2. The fourth-order valence-electron chi connectivity index (χ4n) is 3.57. The van der Waals surface area contributed by atoms with E-state index in [1.54, 1.807) is 25.1 Å². The lowest BCUT2D eigenvalue weighted by molar-refractivity contribution is -0.125. The van der Waals surface area contributed by atoms with E-state index in [1.165, 1.54) is 0 Å². The van der Waals surface area contributed by atoms with Gasteiger partial charge in [-0.25, -0.2) is 9.97 Å². The summed E-state index contributed by atoms with van der Waals surface area (Å²) in [6.45, 7) is 3.80.